The molecule has 0 bridgehead atoms. The molecule has 0 aliphatic rings. The maximum absolute atomic E-state index is 10.2. The molecule has 0 saturated heterocycles. The highest BCUT2D eigenvalue weighted by molar-refractivity contribution is 5.45. The van der Waals surface area contributed by atoms with Gasteiger partial charge in [0.25, 0.3) is 0 Å². The van der Waals surface area contributed by atoms with Crippen LogP contribution in [-0.2, 0) is 0 Å². The molecule has 2 heteroatoms. The third kappa shape index (κ3) is 3.11. The van der Waals surface area contributed by atoms with E-state index in [1.165, 1.54) is 5.56 Å². The van der Waals surface area contributed by atoms with Crippen LogP contribution in [0.4, 0.5) is 5.69 Å². The highest BCUT2D eigenvalue weighted by Gasteiger charge is 2.15. The van der Waals surface area contributed by atoms with Gasteiger partial charge in [0.1, 0.15) is 0 Å². The maximum atomic E-state index is 10.2. The fourth-order valence-corrected chi connectivity index (χ4v) is 1.93. The average molecular weight is 241 g/mol. The molecule has 0 aliphatic heterocycles. The van der Waals surface area contributed by atoms with Gasteiger partial charge >= 0.3 is 0 Å². The van der Waals surface area contributed by atoms with Gasteiger partial charge in [0.05, 0.1) is 12.1 Å². The molecule has 0 heterocycles. The summed E-state index contributed by atoms with van der Waals surface area (Å²) in [4.78, 5) is 0. The minimum absolute atomic E-state index is 0.0323. The predicted octanol–water partition coefficient (Wildman–Crippen LogP) is 3.53. The molecule has 0 amide bonds. The average Bonchev–Trinajstić information content (AvgIpc) is 2.41. The molecular formula is C16H19NO. The van der Waals surface area contributed by atoms with E-state index in [9.17, 15) is 5.11 Å². The largest absolute Gasteiger partial charge is 0.386 e. The smallest absolute Gasteiger partial charge is 0.0988 e. The molecule has 2 N–H and O–H groups in total. The van der Waals surface area contributed by atoms with Crippen LogP contribution in [0.3, 0.4) is 0 Å². The molecular weight excluding hydrogens is 222 g/mol. The minimum atomic E-state index is -0.507. The van der Waals surface area contributed by atoms with Crippen LogP contribution in [0, 0.1) is 6.92 Å². The van der Waals surface area contributed by atoms with Crippen molar-refractivity contribution < 1.29 is 5.11 Å². The number of benzene rings is 2. The molecule has 0 unspecified atom stereocenters. The molecule has 2 nitrogen and oxygen atoms in total. The summed E-state index contributed by atoms with van der Waals surface area (Å²) in [7, 11) is 0. The van der Waals surface area contributed by atoms with Crippen LogP contribution in [0.2, 0.25) is 0 Å². The molecule has 2 atom stereocenters. The lowest BCUT2D eigenvalue weighted by atomic mass is 10.0. The number of nitrogens with one attached hydrogen (secondary N) is 1. The van der Waals surface area contributed by atoms with Gasteiger partial charge in [0.2, 0.25) is 0 Å². The number of aliphatic hydroxyl groups is 1. The first-order valence-electron chi connectivity index (χ1n) is 6.23. The summed E-state index contributed by atoms with van der Waals surface area (Å²) >= 11 is 0. The second kappa shape index (κ2) is 5.69. The first kappa shape index (κ1) is 12.7. The van der Waals surface area contributed by atoms with Crippen molar-refractivity contribution in [2.75, 3.05) is 5.32 Å². The summed E-state index contributed by atoms with van der Waals surface area (Å²) < 4.78 is 0. The Bertz CT molecular complexity index is 478. The number of hydrogen-bond donors (Lipinski definition) is 2. The number of anilines is 1. The molecule has 0 aromatic heterocycles. The molecule has 0 aliphatic carbocycles. The Hall–Kier alpha value is -1.80. The van der Waals surface area contributed by atoms with E-state index in [1.54, 1.807) is 0 Å². The van der Waals surface area contributed by atoms with E-state index in [2.05, 4.69) is 24.4 Å². The summed E-state index contributed by atoms with van der Waals surface area (Å²) in [6.45, 7) is 4.05. The lowest BCUT2D eigenvalue weighted by molar-refractivity contribution is 0.161. The zero-order valence-corrected chi connectivity index (χ0v) is 10.8. The lowest BCUT2D eigenvalue weighted by Gasteiger charge is -2.21. The monoisotopic (exact) mass is 241 g/mol. The van der Waals surface area contributed by atoms with Gasteiger partial charge in [-0.2, -0.15) is 0 Å². The fourth-order valence-electron chi connectivity index (χ4n) is 1.93. The number of aryl methyl sites for hydroxylation is 1. The first-order valence-corrected chi connectivity index (χ1v) is 6.23. The van der Waals surface area contributed by atoms with Gasteiger partial charge in [-0.1, -0.05) is 48.0 Å². The van der Waals surface area contributed by atoms with Crippen molar-refractivity contribution >= 4 is 5.69 Å². The van der Waals surface area contributed by atoms with Crippen LogP contribution in [0.5, 0.6) is 0 Å². The Labute approximate surface area is 108 Å². The third-order valence-electron chi connectivity index (χ3n) is 3.06. The molecule has 2 rings (SSSR count). The number of rotatable bonds is 4. The Kier molecular flexibility index (Phi) is 4.00. The van der Waals surface area contributed by atoms with E-state index >= 15 is 0 Å². The molecule has 94 valence electrons. The van der Waals surface area contributed by atoms with Crippen molar-refractivity contribution in [1.82, 2.24) is 0 Å². The van der Waals surface area contributed by atoms with Crippen LogP contribution in [0.1, 0.15) is 24.2 Å². The van der Waals surface area contributed by atoms with Crippen LogP contribution < -0.4 is 5.32 Å². The molecule has 0 saturated carbocycles. The van der Waals surface area contributed by atoms with Gasteiger partial charge in [-0.3, -0.25) is 0 Å². The molecule has 0 fully saturated rings. The van der Waals surface area contributed by atoms with Crippen molar-refractivity contribution in [3.8, 4) is 0 Å². The van der Waals surface area contributed by atoms with E-state index in [0.717, 1.165) is 11.3 Å². The quantitative estimate of drug-likeness (QED) is 0.858. The SMILES string of the molecule is Cc1ccc(N[C@@H](C)[C@H](O)c2ccccc2)cc1. The van der Waals surface area contributed by atoms with Gasteiger partial charge in [-0.25, -0.2) is 0 Å². The van der Waals surface area contributed by atoms with Crippen LogP contribution in [0.15, 0.2) is 54.6 Å². The second-order valence-electron chi connectivity index (χ2n) is 4.65. The van der Waals surface area contributed by atoms with Crippen molar-refractivity contribution in [3.63, 3.8) is 0 Å². The minimum Gasteiger partial charge on any atom is -0.386 e. The van der Waals surface area contributed by atoms with E-state index in [-0.39, 0.29) is 6.04 Å². The third-order valence-corrected chi connectivity index (χ3v) is 3.06. The van der Waals surface area contributed by atoms with E-state index in [1.807, 2.05) is 49.4 Å². The summed E-state index contributed by atoms with van der Waals surface area (Å²) in [5.74, 6) is 0. The number of aliphatic hydroxyl groups excluding tert-OH is 1. The Balaban J connectivity index is 2.03. The second-order valence-corrected chi connectivity index (χ2v) is 4.65. The predicted molar refractivity (Wildman–Crippen MR) is 75.7 cm³/mol. The highest BCUT2D eigenvalue weighted by Crippen LogP contribution is 2.20. The summed E-state index contributed by atoms with van der Waals surface area (Å²) in [6.07, 6.45) is -0.507. The van der Waals surface area contributed by atoms with E-state index in [0.29, 0.717) is 0 Å². The zero-order valence-electron chi connectivity index (χ0n) is 10.8. The van der Waals surface area contributed by atoms with Gasteiger partial charge in [-0.15, -0.1) is 0 Å². The maximum Gasteiger partial charge on any atom is 0.0988 e. The van der Waals surface area contributed by atoms with Crippen LogP contribution in [-0.4, -0.2) is 11.1 Å². The van der Waals surface area contributed by atoms with Gasteiger partial charge in [0, 0.05) is 5.69 Å². The van der Waals surface area contributed by atoms with Crippen molar-refractivity contribution in [2.45, 2.75) is 26.0 Å². The summed E-state index contributed by atoms with van der Waals surface area (Å²) in [5.41, 5.74) is 3.20. The molecule has 0 spiro atoms. The van der Waals surface area contributed by atoms with Gasteiger partial charge < -0.3 is 10.4 Å². The van der Waals surface area contributed by atoms with E-state index < -0.39 is 6.10 Å². The standard InChI is InChI=1S/C16H19NO/c1-12-8-10-15(11-9-12)17-13(2)16(18)14-6-4-3-5-7-14/h3-11,13,16-18H,1-2H3/t13-,16-/m0/s1. The van der Waals surface area contributed by atoms with E-state index in [4.69, 9.17) is 0 Å². The first-order chi connectivity index (χ1) is 8.66. The zero-order chi connectivity index (χ0) is 13.0. The molecule has 2 aromatic carbocycles. The summed E-state index contributed by atoms with van der Waals surface area (Å²) in [6, 6.07) is 17.9. The Morgan fingerprint density at radius 3 is 2.17 bits per heavy atom. The lowest BCUT2D eigenvalue weighted by Crippen LogP contribution is -2.23. The Morgan fingerprint density at radius 1 is 0.944 bits per heavy atom. The fraction of sp³-hybridized carbons (Fsp3) is 0.250. The summed E-state index contributed by atoms with van der Waals surface area (Å²) in [5, 5.41) is 13.6. The van der Waals surface area contributed by atoms with Crippen LogP contribution >= 0.6 is 0 Å². The highest BCUT2D eigenvalue weighted by atomic mass is 16.3. The number of hydrogen-bond acceptors (Lipinski definition) is 2. The van der Waals surface area contributed by atoms with Gasteiger partial charge in [0.15, 0.2) is 0 Å². The van der Waals surface area contributed by atoms with Crippen molar-refractivity contribution in [2.24, 2.45) is 0 Å². The Morgan fingerprint density at radius 2 is 1.56 bits per heavy atom. The molecule has 18 heavy (non-hydrogen) atoms. The topological polar surface area (TPSA) is 32.3 Å². The van der Waals surface area contributed by atoms with Crippen molar-refractivity contribution in [3.05, 3.63) is 65.7 Å². The molecule has 2 aromatic rings. The van der Waals surface area contributed by atoms with Crippen LogP contribution in [0.25, 0.3) is 0 Å². The normalized spacial score (nSPS) is 13.9. The van der Waals surface area contributed by atoms with Gasteiger partial charge in [-0.05, 0) is 31.5 Å². The van der Waals surface area contributed by atoms with Crippen molar-refractivity contribution in [1.29, 1.82) is 0 Å². The molecule has 0 radical (unpaired) electrons.